The van der Waals surface area contributed by atoms with Crippen LogP contribution in [0.4, 0.5) is 4.39 Å². The Hall–Kier alpha value is -2.45. The first-order chi connectivity index (χ1) is 20.1. The third-order valence-electron chi connectivity index (χ3n) is 12.2. The van der Waals surface area contributed by atoms with Crippen LogP contribution in [0, 0.1) is 40.3 Å². The molecule has 1 aromatic carbocycles. The minimum atomic E-state index is -1.30. The number of benzene rings is 1. The number of fused-ring (bicyclic) bond motifs is 6. The second kappa shape index (κ2) is 10.0. The first-order valence-corrected chi connectivity index (χ1v) is 16.2. The van der Waals surface area contributed by atoms with Crippen molar-refractivity contribution >= 4 is 29.8 Å². The lowest BCUT2D eigenvalue weighted by Crippen LogP contribution is -2.62. The lowest BCUT2D eigenvalue weighted by atomic mass is 9.45. The van der Waals surface area contributed by atoms with Crippen molar-refractivity contribution < 1.29 is 23.8 Å². The van der Waals surface area contributed by atoms with Gasteiger partial charge in [0.1, 0.15) is 5.82 Å². The monoisotopic (exact) mass is 592 g/mol. The summed E-state index contributed by atoms with van der Waals surface area (Å²) in [5, 5.41) is 16.3. The Bertz CT molecular complexity index is 1450. The highest BCUT2D eigenvalue weighted by Gasteiger charge is 2.70. The lowest BCUT2D eigenvalue weighted by molar-refractivity contribution is -0.197. The fourth-order valence-electron chi connectivity index (χ4n) is 10.2. The van der Waals surface area contributed by atoms with Crippen LogP contribution in [0.5, 0.6) is 0 Å². The first kappa shape index (κ1) is 28.3. The van der Waals surface area contributed by atoms with Crippen LogP contribution in [0.25, 0.3) is 11.8 Å². The largest absolute Gasteiger partial charge is 0.449 e. The molecule has 5 aliphatic carbocycles. The SMILES string of the molecule is CC12Cc3cnn(-c4ccc(F)cc4)c3C=C1CCC1[C@@H]2[C@@H](O)CC2(C)[C@H]1CCC2(OC(=O)CC1CCCC1)C(=O)S. The summed E-state index contributed by atoms with van der Waals surface area (Å²) in [6.07, 6.45) is 12.5. The number of aromatic nitrogens is 2. The van der Waals surface area contributed by atoms with Crippen LogP contribution < -0.4 is 0 Å². The van der Waals surface area contributed by atoms with Crippen molar-refractivity contribution in [3.63, 3.8) is 0 Å². The lowest BCUT2D eigenvalue weighted by Gasteiger charge is -2.60. The second-order valence-electron chi connectivity index (χ2n) is 14.2. The molecule has 0 bridgehead atoms. The van der Waals surface area contributed by atoms with Gasteiger partial charge in [-0.25, -0.2) is 9.07 Å². The summed E-state index contributed by atoms with van der Waals surface area (Å²) in [5.74, 6) is 0.157. The van der Waals surface area contributed by atoms with Gasteiger partial charge in [0.25, 0.3) is 0 Å². The van der Waals surface area contributed by atoms with Crippen LogP contribution in [-0.4, -0.2) is 37.7 Å². The van der Waals surface area contributed by atoms with E-state index in [0.717, 1.165) is 68.3 Å². The number of ether oxygens (including phenoxy) is 1. The van der Waals surface area contributed by atoms with Gasteiger partial charge in [-0.2, -0.15) is 5.10 Å². The summed E-state index contributed by atoms with van der Waals surface area (Å²) >= 11 is 4.34. The summed E-state index contributed by atoms with van der Waals surface area (Å²) in [4.78, 5) is 26.5. The van der Waals surface area contributed by atoms with Crippen molar-refractivity contribution in [1.82, 2.24) is 9.78 Å². The number of rotatable bonds is 5. The average molecular weight is 593 g/mol. The fourth-order valence-corrected chi connectivity index (χ4v) is 10.6. The maximum absolute atomic E-state index is 13.6. The first-order valence-electron chi connectivity index (χ1n) is 15.7. The molecule has 6 nitrogen and oxygen atoms in total. The average Bonchev–Trinajstić information content (AvgIpc) is 3.66. The van der Waals surface area contributed by atoms with Crippen LogP contribution in [0.2, 0.25) is 0 Å². The molecule has 0 saturated heterocycles. The molecule has 0 aliphatic heterocycles. The molecule has 1 aromatic heterocycles. The molecule has 8 heteroatoms. The number of nitrogens with zero attached hydrogens (tertiary/aromatic N) is 2. The van der Waals surface area contributed by atoms with Crippen molar-refractivity contribution in [3.8, 4) is 5.69 Å². The zero-order valence-electron chi connectivity index (χ0n) is 24.5. The molecule has 4 saturated carbocycles. The summed E-state index contributed by atoms with van der Waals surface area (Å²) in [7, 11) is 0. The normalized spacial score (nSPS) is 37.3. The van der Waals surface area contributed by atoms with E-state index in [9.17, 15) is 19.1 Å². The van der Waals surface area contributed by atoms with E-state index < -0.39 is 17.1 Å². The van der Waals surface area contributed by atoms with Gasteiger partial charge in [-0.1, -0.05) is 32.3 Å². The molecule has 42 heavy (non-hydrogen) atoms. The van der Waals surface area contributed by atoms with Gasteiger partial charge in [0.05, 0.1) is 23.7 Å². The van der Waals surface area contributed by atoms with Crippen molar-refractivity contribution in [1.29, 1.82) is 0 Å². The van der Waals surface area contributed by atoms with E-state index in [1.165, 1.54) is 17.7 Å². The van der Waals surface area contributed by atoms with Gasteiger partial charge in [0, 0.05) is 11.8 Å². The van der Waals surface area contributed by atoms with Gasteiger partial charge in [0.2, 0.25) is 5.12 Å². The molecular weight excluding hydrogens is 551 g/mol. The van der Waals surface area contributed by atoms with Crippen molar-refractivity contribution in [3.05, 3.63) is 53.1 Å². The quantitative estimate of drug-likeness (QED) is 0.307. The molecular formula is C34H41FN2O4S. The number of thiol groups is 1. The molecule has 4 unspecified atom stereocenters. The molecule has 1 heterocycles. The fraction of sp³-hybridized carbons (Fsp3) is 0.618. The highest BCUT2D eigenvalue weighted by Crippen LogP contribution is 2.68. The summed E-state index contributed by atoms with van der Waals surface area (Å²) in [5.41, 5.74) is 2.08. The summed E-state index contributed by atoms with van der Waals surface area (Å²) in [6, 6.07) is 6.39. The molecule has 7 rings (SSSR count). The predicted molar refractivity (Wildman–Crippen MR) is 160 cm³/mol. The Labute approximate surface area is 252 Å². The third-order valence-corrected chi connectivity index (χ3v) is 12.5. The highest BCUT2D eigenvalue weighted by molar-refractivity contribution is 7.96. The third kappa shape index (κ3) is 4.10. The zero-order valence-corrected chi connectivity index (χ0v) is 25.4. The van der Waals surface area contributed by atoms with Crippen LogP contribution >= 0.6 is 12.6 Å². The Balaban J connectivity index is 1.18. The number of aliphatic hydroxyl groups is 1. The van der Waals surface area contributed by atoms with E-state index in [2.05, 4.69) is 37.7 Å². The van der Waals surface area contributed by atoms with Gasteiger partial charge in [-0.15, -0.1) is 12.6 Å². The Kier molecular flexibility index (Phi) is 6.78. The topological polar surface area (TPSA) is 81.4 Å². The number of halogens is 1. The number of esters is 1. The molecule has 0 amide bonds. The van der Waals surface area contributed by atoms with Gasteiger partial charge in [0.15, 0.2) is 5.60 Å². The van der Waals surface area contributed by atoms with Crippen molar-refractivity contribution in [2.75, 3.05) is 0 Å². The van der Waals surface area contributed by atoms with Crippen LogP contribution in [0.1, 0.15) is 89.3 Å². The highest BCUT2D eigenvalue weighted by atomic mass is 32.1. The van der Waals surface area contributed by atoms with Crippen LogP contribution in [0.3, 0.4) is 0 Å². The molecule has 5 aliphatic rings. The molecule has 1 N–H and O–H groups in total. The Morgan fingerprint density at radius 1 is 1.14 bits per heavy atom. The number of aliphatic hydroxyl groups excluding tert-OH is 1. The maximum Gasteiger partial charge on any atom is 0.307 e. The van der Waals surface area contributed by atoms with Crippen LogP contribution in [0.15, 0.2) is 36.0 Å². The second-order valence-corrected chi connectivity index (χ2v) is 14.6. The van der Waals surface area contributed by atoms with Crippen LogP contribution in [-0.2, 0) is 20.7 Å². The van der Waals surface area contributed by atoms with Gasteiger partial charge in [-0.05, 0) is 116 Å². The van der Waals surface area contributed by atoms with E-state index in [4.69, 9.17) is 4.74 Å². The van der Waals surface area contributed by atoms with Crippen molar-refractivity contribution in [2.45, 2.75) is 96.2 Å². The molecule has 2 aromatic rings. The van der Waals surface area contributed by atoms with Gasteiger partial charge >= 0.3 is 5.97 Å². The smallest absolute Gasteiger partial charge is 0.307 e. The number of carbonyl (C=O) groups is 2. The zero-order chi connectivity index (χ0) is 29.4. The standard InChI is InChI=1S/C34H41FN2O4S/c1-32-17-21-19-36-37(24-10-8-23(35)9-11-24)27(21)16-22(32)7-12-25-26-13-14-34(31(40)42,33(26,2)18-28(38)30(25)32)41-29(39)15-20-5-3-4-6-20/h8-11,16,19-20,25-26,28,30,38H,3-7,12-15,17-18H2,1-2H3,(H,40,42)/t25?,26-,28-,30+,32?,33?,34?/m0/s1. The summed E-state index contributed by atoms with van der Waals surface area (Å²) in [6.45, 7) is 4.35. The number of hydrogen-bond acceptors (Lipinski definition) is 5. The summed E-state index contributed by atoms with van der Waals surface area (Å²) < 4.78 is 21.7. The van der Waals surface area contributed by atoms with E-state index in [-0.39, 0.29) is 40.1 Å². The molecule has 0 radical (unpaired) electrons. The number of allylic oxidation sites excluding steroid dienone is 1. The molecule has 0 spiro atoms. The number of hydrogen-bond donors (Lipinski definition) is 2. The molecule has 4 fully saturated rings. The maximum atomic E-state index is 13.6. The van der Waals surface area contributed by atoms with Crippen molar-refractivity contribution in [2.24, 2.45) is 34.5 Å². The van der Waals surface area contributed by atoms with E-state index >= 15 is 0 Å². The minimum Gasteiger partial charge on any atom is -0.449 e. The Morgan fingerprint density at radius 3 is 2.60 bits per heavy atom. The van der Waals surface area contributed by atoms with E-state index in [1.54, 1.807) is 12.1 Å². The molecule has 7 atom stereocenters. The Morgan fingerprint density at radius 2 is 1.88 bits per heavy atom. The van der Waals surface area contributed by atoms with E-state index in [0.29, 0.717) is 25.2 Å². The number of carbonyl (C=O) groups excluding carboxylic acids is 2. The molecule has 224 valence electrons. The predicted octanol–water partition coefficient (Wildman–Crippen LogP) is 6.48. The van der Waals surface area contributed by atoms with E-state index in [1.807, 2.05) is 10.9 Å². The minimum absolute atomic E-state index is 0.0258. The van der Waals surface area contributed by atoms with Gasteiger partial charge in [-0.3, -0.25) is 9.59 Å². The van der Waals surface area contributed by atoms with Gasteiger partial charge < -0.3 is 9.84 Å².